The number of carbonyl (C=O) groups is 2. The monoisotopic (exact) mass is 266 g/mol. The van der Waals surface area contributed by atoms with Crippen LogP contribution in [-0.4, -0.2) is 35.6 Å². The first-order chi connectivity index (χ1) is 8.99. The van der Waals surface area contributed by atoms with E-state index in [0.717, 1.165) is 6.42 Å². The molecule has 2 N–H and O–H groups in total. The number of nitrogens with one attached hydrogen (secondary N) is 1. The number of pyridine rings is 1. The molecule has 0 saturated heterocycles. The Labute approximate surface area is 111 Å². The van der Waals surface area contributed by atoms with Crippen LogP contribution >= 0.6 is 0 Å². The Hall–Kier alpha value is -2.11. The highest BCUT2D eigenvalue weighted by Crippen LogP contribution is 2.17. The number of ether oxygens (including phenoxy) is 1. The van der Waals surface area contributed by atoms with E-state index in [9.17, 15) is 9.59 Å². The molecular formula is C13H18N2O4. The molecule has 104 valence electrons. The predicted octanol–water partition coefficient (Wildman–Crippen LogP) is 1.56. The number of amides is 1. The Balaban J connectivity index is 2.84. The van der Waals surface area contributed by atoms with Gasteiger partial charge in [-0.2, -0.15) is 0 Å². The van der Waals surface area contributed by atoms with Crippen LogP contribution in [0.1, 0.15) is 41.1 Å². The van der Waals surface area contributed by atoms with Gasteiger partial charge in [-0.15, -0.1) is 0 Å². The summed E-state index contributed by atoms with van der Waals surface area (Å²) < 4.78 is 4.92. The van der Waals surface area contributed by atoms with Gasteiger partial charge < -0.3 is 15.2 Å². The zero-order valence-electron chi connectivity index (χ0n) is 11.3. The first-order valence-electron chi connectivity index (χ1n) is 6.05. The molecular weight excluding hydrogens is 248 g/mol. The maximum Gasteiger partial charge on any atom is 0.358 e. The van der Waals surface area contributed by atoms with E-state index in [0.29, 0.717) is 12.5 Å². The van der Waals surface area contributed by atoms with Crippen molar-refractivity contribution in [3.8, 4) is 5.75 Å². The van der Waals surface area contributed by atoms with E-state index in [4.69, 9.17) is 9.84 Å². The molecule has 1 atom stereocenters. The van der Waals surface area contributed by atoms with Gasteiger partial charge in [0.05, 0.1) is 12.7 Å². The third-order valence-corrected chi connectivity index (χ3v) is 2.85. The first kappa shape index (κ1) is 14.9. The lowest BCUT2D eigenvalue weighted by Gasteiger charge is -2.11. The van der Waals surface area contributed by atoms with Crippen molar-refractivity contribution in [2.24, 2.45) is 5.92 Å². The second-order valence-electron chi connectivity index (χ2n) is 4.30. The summed E-state index contributed by atoms with van der Waals surface area (Å²) in [6.45, 7) is 4.65. The van der Waals surface area contributed by atoms with Crippen molar-refractivity contribution in [1.29, 1.82) is 0 Å². The summed E-state index contributed by atoms with van der Waals surface area (Å²) in [5.74, 6) is -1.02. The first-order valence-corrected chi connectivity index (χ1v) is 6.05. The SMILES string of the molecule is CCC(C)CNC(=O)c1cnc(C(=O)O)c(OC)c1. The molecule has 6 heteroatoms. The Morgan fingerprint density at radius 1 is 1.53 bits per heavy atom. The normalized spacial score (nSPS) is 11.7. The van der Waals surface area contributed by atoms with Crippen molar-refractivity contribution in [2.75, 3.05) is 13.7 Å². The summed E-state index contributed by atoms with van der Waals surface area (Å²) in [6, 6.07) is 1.38. The number of carboxylic acids is 1. The van der Waals surface area contributed by atoms with Crippen molar-refractivity contribution in [2.45, 2.75) is 20.3 Å². The molecule has 1 aromatic rings. The van der Waals surface area contributed by atoms with Gasteiger partial charge in [-0.3, -0.25) is 4.79 Å². The largest absolute Gasteiger partial charge is 0.494 e. The van der Waals surface area contributed by atoms with E-state index in [1.807, 2.05) is 13.8 Å². The molecule has 0 aliphatic carbocycles. The molecule has 1 amide bonds. The molecule has 0 radical (unpaired) electrons. The minimum absolute atomic E-state index is 0.0729. The average molecular weight is 266 g/mol. The fraction of sp³-hybridized carbons (Fsp3) is 0.462. The molecule has 1 heterocycles. The molecule has 1 unspecified atom stereocenters. The third-order valence-electron chi connectivity index (χ3n) is 2.85. The maximum absolute atomic E-state index is 11.9. The molecule has 0 aliphatic heterocycles. The lowest BCUT2D eigenvalue weighted by molar-refractivity contribution is 0.0685. The van der Waals surface area contributed by atoms with Crippen molar-refractivity contribution >= 4 is 11.9 Å². The fourth-order valence-electron chi connectivity index (χ4n) is 1.40. The number of nitrogens with zero attached hydrogens (tertiary/aromatic N) is 1. The van der Waals surface area contributed by atoms with Gasteiger partial charge in [-0.1, -0.05) is 20.3 Å². The van der Waals surface area contributed by atoms with Gasteiger partial charge in [0, 0.05) is 12.7 Å². The van der Waals surface area contributed by atoms with Crippen LogP contribution in [0.4, 0.5) is 0 Å². The van der Waals surface area contributed by atoms with Gasteiger partial charge in [-0.05, 0) is 12.0 Å². The van der Waals surface area contributed by atoms with Crippen LogP contribution in [0, 0.1) is 5.92 Å². The highest BCUT2D eigenvalue weighted by molar-refractivity contribution is 5.96. The molecule has 0 fully saturated rings. The van der Waals surface area contributed by atoms with Crippen molar-refractivity contribution in [1.82, 2.24) is 10.3 Å². The van der Waals surface area contributed by atoms with E-state index >= 15 is 0 Å². The number of methoxy groups -OCH3 is 1. The molecule has 1 aromatic heterocycles. The Kier molecular flexibility index (Phi) is 5.29. The molecule has 6 nitrogen and oxygen atoms in total. The number of hydrogen-bond acceptors (Lipinski definition) is 4. The zero-order valence-corrected chi connectivity index (χ0v) is 11.3. The van der Waals surface area contributed by atoms with Crippen LogP contribution in [0.25, 0.3) is 0 Å². The van der Waals surface area contributed by atoms with Crippen LogP contribution < -0.4 is 10.1 Å². The van der Waals surface area contributed by atoms with Crippen LogP contribution in [0.5, 0.6) is 5.75 Å². The Morgan fingerprint density at radius 2 is 2.21 bits per heavy atom. The quantitative estimate of drug-likeness (QED) is 0.815. The summed E-state index contributed by atoms with van der Waals surface area (Å²) >= 11 is 0. The Morgan fingerprint density at radius 3 is 2.74 bits per heavy atom. The lowest BCUT2D eigenvalue weighted by Crippen LogP contribution is -2.28. The summed E-state index contributed by atoms with van der Waals surface area (Å²) in [6.07, 6.45) is 2.21. The second kappa shape index (κ2) is 6.72. The minimum Gasteiger partial charge on any atom is -0.494 e. The van der Waals surface area contributed by atoms with Gasteiger partial charge >= 0.3 is 5.97 Å². The maximum atomic E-state index is 11.9. The van der Waals surface area contributed by atoms with Crippen LogP contribution in [0.15, 0.2) is 12.3 Å². The highest BCUT2D eigenvalue weighted by Gasteiger charge is 2.16. The zero-order chi connectivity index (χ0) is 14.4. The van der Waals surface area contributed by atoms with Crippen LogP contribution in [0.3, 0.4) is 0 Å². The smallest absolute Gasteiger partial charge is 0.358 e. The minimum atomic E-state index is -1.19. The standard InChI is InChI=1S/C13H18N2O4/c1-4-8(2)6-15-12(16)9-5-10(19-3)11(13(17)18)14-7-9/h5,7-8H,4,6H2,1-3H3,(H,15,16)(H,17,18). The number of aromatic carboxylic acids is 1. The number of hydrogen-bond donors (Lipinski definition) is 2. The molecule has 0 aliphatic rings. The van der Waals surface area contributed by atoms with Gasteiger partial charge in [-0.25, -0.2) is 9.78 Å². The van der Waals surface area contributed by atoms with E-state index in [1.165, 1.54) is 19.4 Å². The molecule has 19 heavy (non-hydrogen) atoms. The number of aromatic nitrogens is 1. The number of carboxylic acid groups (broad SMARTS) is 1. The van der Waals surface area contributed by atoms with E-state index in [1.54, 1.807) is 0 Å². The second-order valence-corrected chi connectivity index (χ2v) is 4.30. The van der Waals surface area contributed by atoms with Gasteiger partial charge in [0.1, 0.15) is 0 Å². The van der Waals surface area contributed by atoms with E-state index in [-0.39, 0.29) is 22.9 Å². The van der Waals surface area contributed by atoms with Crippen LogP contribution in [0.2, 0.25) is 0 Å². The van der Waals surface area contributed by atoms with Gasteiger partial charge in [0.25, 0.3) is 5.91 Å². The van der Waals surface area contributed by atoms with E-state index < -0.39 is 5.97 Å². The summed E-state index contributed by atoms with van der Waals surface area (Å²) in [4.78, 5) is 26.5. The highest BCUT2D eigenvalue weighted by atomic mass is 16.5. The van der Waals surface area contributed by atoms with Crippen LogP contribution in [-0.2, 0) is 0 Å². The third kappa shape index (κ3) is 3.94. The molecule has 0 bridgehead atoms. The lowest BCUT2D eigenvalue weighted by atomic mass is 10.1. The molecule has 0 saturated carbocycles. The fourth-order valence-corrected chi connectivity index (χ4v) is 1.40. The summed E-state index contributed by atoms with van der Waals surface area (Å²) in [5, 5.41) is 11.7. The molecule has 0 spiro atoms. The van der Waals surface area contributed by atoms with Crippen molar-refractivity contribution in [3.63, 3.8) is 0 Å². The average Bonchev–Trinajstić information content (AvgIpc) is 2.43. The summed E-state index contributed by atoms with van der Waals surface area (Å²) in [5.41, 5.74) is 0.0751. The van der Waals surface area contributed by atoms with Crippen molar-refractivity contribution < 1.29 is 19.4 Å². The Bertz CT molecular complexity index is 474. The molecule has 1 rings (SSSR count). The predicted molar refractivity (Wildman–Crippen MR) is 69.5 cm³/mol. The van der Waals surface area contributed by atoms with Crippen molar-refractivity contribution in [3.05, 3.63) is 23.5 Å². The number of carbonyl (C=O) groups excluding carboxylic acids is 1. The summed E-state index contributed by atoms with van der Waals surface area (Å²) in [7, 11) is 1.34. The number of rotatable bonds is 6. The van der Waals surface area contributed by atoms with E-state index in [2.05, 4.69) is 10.3 Å². The molecule has 0 aromatic carbocycles. The van der Waals surface area contributed by atoms with Gasteiger partial charge in [0.15, 0.2) is 11.4 Å². The topological polar surface area (TPSA) is 88.5 Å². The van der Waals surface area contributed by atoms with Gasteiger partial charge in [0.2, 0.25) is 0 Å².